The Morgan fingerprint density at radius 2 is 2.05 bits per heavy atom. The molecule has 1 aliphatic rings. The van der Waals surface area contributed by atoms with Crippen LogP contribution in [0.3, 0.4) is 0 Å². The van der Waals surface area contributed by atoms with Crippen molar-refractivity contribution in [2.45, 2.75) is 65.0 Å². The van der Waals surface area contributed by atoms with Crippen LogP contribution in [0.2, 0.25) is 0 Å². The third-order valence-electron chi connectivity index (χ3n) is 4.87. The summed E-state index contributed by atoms with van der Waals surface area (Å²) in [7, 11) is 2.11. The number of rotatable bonds is 6. The molecule has 1 fully saturated rings. The van der Waals surface area contributed by atoms with Crippen LogP contribution < -0.4 is 5.32 Å². The molecule has 2 rings (SSSR count). The molecule has 0 aliphatic heterocycles. The molecule has 1 aromatic heterocycles. The minimum absolute atomic E-state index is 0.618. The molecule has 108 valence electrons. The van der Waals surface area contributed by atoms with Gasteiger partial charge < -0.3 is 5.32 Å². The predicted molar refractivity (Wildman–Crippen MR) is 80.2 cm³/mol. The first-order chi connectivity index (χ1) is 9.26. The van der Waals surface area contributed by atoms with E-state index in [0.717, 1.165) is 24.8 Å². The summed E-state index contributed by atoms with van der Waals surface area (Å²) in [6, 6.07) is 0.618. The van der Waals surface area contributed by atoms with Crippen molar-refractivity contribution in [1.29, 1.82) is 0 Å². The summed E-state index contributed by atoms with van der Waals surface area (Å²) in [5.41, 5.74) is 1.37. The fourth-order valence-electron chi connectivity index (χ4n) is 3.44. The maximum Gasteiger partial charge on any atom is 0.0522 e. The van der Waals surface area contributed by atoms with Gasteiger partial charge in [0, 0.05) is 18.8 Å². The smallest absolute Gasteiger partial charge is 0.0522 e. The van der Waals surface area contributed by atoms with E-state index >= 15 is 0 Å². The van der Waals surface area contributed by atoms with Crippen molar-refractivity contribution in [3.05, 3.63) is 18.0 Å². The van der Waals surface area contributed by atoms with Gasteiger partial charge in [0.25, 0.3) is 0 Å². The summed E-state index contributed by atoms with van der Waals surface area (Å²) in [6.07, 6.45) is 12.4. The first-order valence-electron chi connectivity index (χ1n) is 7.95. The van der Waals surface area contributed by atoms with E-state index in [1.54, 1.807) is 0 Å². The molecule has 1 aliphatic carbocycles. The van der Waals surface area contributed by atoms with Crippen LogP contribution in [0.15, 0.2) is 12.4 Å². The SMILES string of the molecule is CCC1CCC(C(Cc2cnn(CC)c2)NC)CC1. The van der Waals surface area contributed by atoms with E-state index in [0.29, 0.717) is 6.04 Å². The summed E-state index contributed by atoms with van der Waals surface area (Å²) in [4.78, 5) is 0. The minimum atomic E-state index is 0.618. The van der Waals surface area contributed by atoms with Gasteiger partial charge >= 0.3 is 0 Å². The fourth-order valence-corrected chi connectivity index (χ4v) is 3.44. The first kappa shape index (κ1) is 14.6. The molecule has 0 saturated heterocycles. The number of aromatic nitrogens is 2. The molecule has 1 aromatic rings. The summed E-state index contributed by atoms with van der Waals surface area (Å²) >= 11 is 0. The van der Waals surface area contributed by atoms with Crippen molar-refractivity contribution in [1.82, 2.24) is 15.1 Å². The molecular formula is C16H29N3. The summed E-state index contributed by atoms with van der Waals surface area (Å²) in [5.74, 6) is 1.83. The van der Waals surface area contributed by atoms with Crippen LogP contribution in [0.5, 0.6) is 0 Å². The van der Waals surface area contributed by atoms with Gasteiger partial charge in [0.2, 0.25) is 0 Å². The van der Waals surface area contributed by atoms with E-state index in [1.165, 1.54) is 37.7 Å². The van der Waals surface area contributed by atoms with Gasteiger partial charge in [-0.1, -0.05) is 26.2 Å². The van der Waals surface area contributed by atoms with Crippen LogP contribution in [-0.2, 0) is 13.0 Å². The quantitative estimate of drug-likeness (QED) is 0.854. The zero-order valence-corrected chi connectivity index (χ0v) is 12.7. The zero-order valence-electron chi connectivity index (χ0n) is 12.7. The van der Waals surface area contributed by atoms with E-state index in [2.05, 4.69) is 37.5 Å². The minimum Gasteiger partial charge on any atom is -0.316 e. The Kier molecular flexibility index (Phi) is 5.44. The Hall–Kier alpha value is -0.830. The van der Waals surface area contributed by atoms with Gasteiger partial charge in [-0.05, 0) is 50.6 Å². The van der Waals surface area contributed by atoms with E-state index < -0.39 is 0 Å². The van der Waals surface area contributed by atoms with Crippen molar-refractivity contribution < 1.29 is 0 Å². The van der Waals surface area contributed by atoms with Crippen LogP contribution in [0.25, 0.3) is 0 Å². The van der Waals surface area contributed by atoms with E-state index in [1.807, 2.05) is 10.9 Å². The summed E-state index contributed by atoms with van der Waals surface area (Å²) in [5, 5.41) is 7.92. The highest BCUT2D eigenvalue weighted by molar-refractivity contribution is 5.07. The standard InChI is InChI=1S/C16H29N3/c1-4-13-6-8-15(9-7-13)16(17-3)10-14-11-18-19(5-2)12-14/h11-13,15-17H,4-10H2,1-3H3. The molecule has 1 saturated carbocycles. The Morgan fingerprint density at radius 3 is 2.58 bits per heavy atom. The second kappa shape index (κ2) is 7.09. The number of nitrogens with one attached hydrogen (secondary N) is 1. The van der Waals surface area contributed by atoms with Crippen molar-refractivity contribution in [2.75, 3.05) is 7.05 Å². The molecule has 1 unspecified atom stereocenters. The monoisotopic (exact) mass is 263 g/mol. The lowest BCUT2D eigenvalue weighted by Gasteiger charge is -2.33. The van der Waals surface area contributed by atoms with E-state index in [4.69, 9.17) is 0 Å². The lowest BCUT2D eigenvalue weighted by molar-refractivity contribution is 0.222. The molecule has 1 heterocycles. The molecule has 3 heteroatoms. The van der Waals surface area contributed by atoms with Gasteiger partial charge in [0.05, 0.1) is 6.20 Å². The molecule has 0 amide bonds. The Labute approximate surface area is 117 Å². The predicted octanol–water partition coefficient (Wildman–Crippen LogP) is 3.25. The third kappa shape index (κ3) is 3.82. The Bertz CT molecular complexity index is 364. The highest BCUT2D eigenvalue weighted by Gasteiger charge is 2.26. The van der Waals surface area contributed by atoms with E-state index in [9.17, 15) is 0 Å². The van der Waals surface area contributed by atoms with Crippen molar-refractivity contribution in [3.8, 4) is 0 Å². The molecule has 1 atom stereocenters. The van der Waals surface area contributed by atoms with Gasteiger partial charge in [0.15, 0.2) is 0 Å². The maximum absolute atomic E-state index is 4.38. The number of aryl methyl sites for hydroxylation is 1. The van der Waals surface area contributed by atoms with Crippen LogP contribution >= 0.6 is 0 Å². The highest BCUT2D eigenvalue weighted by Crippen LogP contribution is 2.33. The second-order valence-electron chi connectivity index (χ2n) is 5.99. The average molecular weight is 263 g/mol. The molecular weight excluding hydrogens is 234 g/mol. The van der Waals surface area contributed by atoms with Crippen LogP contribution in [0.4, 0.5) is 0 Å². The van der Waals surface area contributed by atoms with Crippen molar-refractivity contribution >= 4 is 0 Å². The maximum atomic E-state index is 4.38. The van der Waals surface area contributed by atoms with Crippen LogP contribution in [-0.4, -0.2) is 22.9 Å². The largest absolute Gasteiger partial charge is 0.316 e. The summed E-state index contributed by atoms with van der Waals surface area (Å²) in [6.45, 7) is 5.43. The molecule has 3 nitrogen and oxygen atoms in total. The van der Waals surface area contributed by atoms with Crippen molar-refractivity contribution in [2.24, 2.45) is 11.8 Å². The fraction of sp³-hybridized carbons (Fsp3) is 0.812. The van der Waals surface area contributed by atoms with Crippen LogP contribution in [0, 0.1) is 11.8 Å². The van der Waals surface area contributed by atoms with E-state index in [-0.39, 0.29) is 0 Å². The van der Waals surface area contributed by atoms with Gasteiger partial charge in [-0.15, -0.1) is 0 Å². The Balaban J connectivity index is 1.89. The van der Waals surface area contributed by atoms with Crippen LogP contribution in [0.1, 0.15) is 51.5 Å². The number of nitrogens with zero attached hydrogens (tertiary/aromatic N) is 2. The third-order valence-corrected chi connectivity index (χ3v) is 4.87. The van der Waals surface area contributed by atoms with Gasteiger partial charge in [-0.25, -0.2) is 0 Å². The lowest BCUT2D eigenvalue weighted by atomic mass is 9.76. The molecule has 0 radical (unpaired) electrons. The molecule has 0 aromatic carbocycles. The second-order valence-corrected chi connectivity index (χ2v) is 5.99. The number of hydrogen-bond donors (Lipinski definition) is 1. The summed E-state index contributed by atoms with van der Waals surface area (Å²) < 4.78 is 2.02. The topological polar surface area (TPSA) is 29.9 Å². The van der Waals surface area contributed by atoms with Crippen molar-refractivity contribution in [3.63, 3.8) is 0 Å². The molecule has 19 heavy (non-hydrogen) atoms. The molecule has 1 N–H and O–H groups in total. The highest BCUT2D eigenvalue weighted by atomic mass is 15.3. The van der Waals surface area contributed by atoms with Gasteiger partial charge in [-0.2, -0.15) is 5.10 Å². The average Bonchev–Trinajstić information content (AvgIpc) is 2.92. The number of likely N-dealkylation sites (N-methyl/N-ethyl adjacent to an activating group) is 1. The first-order valence-corrected chi connectivity index (χ1v) is 7.95. The lowest BCUT2D eigenvalue weighted by Crippen LogP contribution is -2.37. The Morgan fingerprint density at radius 1 is 1.32 bits per heavy atom. The number of hydrogen-bond acceptors (Lipinski definition) is 2. The molecule has 0 bridgehead atoms. The normalized spacial score (nSPS) is 25.4. The van der Waals surface area contributed by atoms with Gasteiger partial charge in [-0.3, -0.25) is 4.68 Å². The molecule has 0 spiro atoms. The zero-order chi connectivity index (χ0) is 13.7. The van der Waals surface area contributed by atoms with Gasteiger partial charge in [0.1, 0.15) is 0 Å².